The summed E-state index contributed by atoms with van der Waals surface area (Å²) in [5.74, 6) is 2.16. The van der Waals surface area contributed by atoms with Gasteiger partial charge in [-0.2, -0.15) is 0 Å². The number of likely N-dealkylation sites (tertiary alicyclic amines) is 1. The third-order valence-electron chi connectivity index (χ3n) is 4.69. The van der Waals surface area contributed by atoms with Crippen LogP contribution in [-0.4, -0.2) is 38.8 Å². The van der Waals surface area contributed by atoms with Crippen molar-refractivity contribution >= 4 is 23.6 Å². The van der Waals surface area contributed by atoms with Crippen LogP contribution < -0.4 is 5.32 Å². The number of carbonyl (C=O) groups is 1. The third kappa shape index (κ3) is 4.25. The fraction of sp³-hybridized carbons (Fsp3) is 0.238. The first-order chi connectivity index (χ1) is 13.8. The van der Waals surface area contributed by atoms with Gasteiger partial charge in [0, 0.05) is 43.7 Å². The van der Waals surface area contributed by atoms with E-state index in [2.05, 4.69) is 20.3 Å². The standard InChI is InChI=1S/C21H21N5O2/c27-19(9-8-17-6-4-14-28-17)26-13-3-5-16(15-26)20-21(24-12-11-23-20)25-18-7-1-2-10-22-18/h1-2,4,6-12,14,16H,3,5,13,15H2,(H,22,24,25)/b9-8+/t16-/m0/s1. The molecule has 0 aromatic carbocycles. The lowest BCUT2D eigenvalue weighted by Gasteiger charge is -2.32. The van der Waals surface area contributed by atoms with Crippen LogP contribution in [0.4, 0.5) is 11.6 Å². The first kappa shape index (κ1) is 17.9. The number of amides is 1. The zero-order chi connectivity index (χ0) is 19.2. The number of nitrogens with zero attached hydrogens (tertiary/aromatic N) is 4. The first-order valence-electron chi connectivity index (χ1n) is 9.29. The van der Waals surface area contributed by atoms with Crippen molar-refractivity contribution in [1.29, 1.82) is 0 Å². The number of aromatic nitrogens is 3. The molecule has 1 atom stereocenters. The summed E-state index contributed by atoms with van der Waals surface area (Å²) in [4.78, 5) is 27.7. The summed E-state index contributed by atoms with van der Waals surface area (Å²) in [5.41, 5.74) is 0.862. The van der Waals surface area contributed by atoms with Crippen molar-refractivity contribution in [3.63, 3.8) is 0 Å². The number of piperidine rings is 1. The number of carbonyl (C=O) groups excluding carboxylic acids is 1. The topological polar surface area (TPSA) is 84.2 Å². The molecule has 4 rings (SSSR count). The minimum Gasteiger partial charge on any atom is -0.465 e. The van der Waals surface area contributed by atoms with E-state index in [-0.39, 0.29) is 11.8 Å². The Morgan fingerprint density at radius 1 is 1.14 bits per heavy atom. The van der Waals surface area contributed by atoms with E-state index in [0.717, 1.165) is 30.9 Å². The van der Waals surface area contributed by atoms with Crippen LogP contribution in [0.15, 0.2) is 65.7 Å². The quantitative estimate of drug-likeness (QED) is 0.686. The van der Waals surface area contributed by atoms with E-state index in [4.69, 9.17) is 4.42 Å². The maximum atomic E-state index is 12.6. The van der Waals surface area contributed by atoms with Gasteiger partial charge in [-0.1, -0.05) is 6.07 Å². The molecule has 4 heterocycles. The molecule has 0 spiro atoms. The molecule has 28 heavy (non-hydrogen) atoms. The molecule has 3 aromatic rings. The van der Waals surface area contributed by atoms with E-state index >= 15 is 0 Å². The molecule has 1 amide bonds. The van der Waals surface area contributed by atoms with Gasteiger partial charge in [0.25, 0.3) is 0 Å². The molecule has 1 N–H and O–H groups in total. The van der Waals surface area contributed by atoms with Crippen molar-refractivity contribution in [2.24, 2.45) is 0 Å². The Bertz CT molecular complexity index is 940. The molecule has 0 radical (unpaired) electrons. The van der Waals surface area contributed by atoms with Crippen molar-refractivity contribution in [3.05, 3.63) is 72.7 Å². The van der Waals surface area contributed by atoms with Crippen LogP contribution in [0.25, 0.3) is 6.08 Å². The summed E-state index contributed by atoms with van der Waals surface area (Å²) in [5, 5.41) is 3.24. The number of hydrogen-bond acceptors (Lipinski definition) is 6. The maximum absolute atomic E-state index is 12.6. The van der Waals surface area contributed by atoms with E-state index in [1.165, 1.54) is 0 Å². The van der Waals surface area contributed by atoms with E-state index in [1.54, 1.807) is 43.1 Å². The van der Waals surface area contributed by atoms with Gasteiger partial charge in [-0.3, -0.25) is 9.78 Å². The highest BCUT2D eigenvalue weighted by Crippen LogP contribution is 2.30. The predicted octanol–water partition coefficient (Wildman–Crippen LogP) is 3.63. The van der Waals surface area contributed by atoms with Crippen molar-refractivity contribution < 1.29 is 9.21 Å². The molecule has 0 bridgehead atoms. The zero-order valence-corrected chi connectivity index (χ0v) is 15.4. The molecule has 3 aromatic heterocycles. The largest absolute Gasteiger partial charge is 0.465 e. The fourth-order valence-corrected chi connectivity index (χ4v) is 3.35. The number of hydrogen-bond donors (Lipinski definition) is 1. The Hall–Kier alpha value is -3.48. The van der Waals surface area contributed by atoms with Gasteiger partial charge in [0.1, 0.15) is 11.6 Å². The maximum Gasteiger partial charge on any atom is 0.246 e. The molecule has 7 heteroatoms. The normalized spacial score (nSPS) is 17.0. The molecule has 1 saturated heterocycles. The molecular weight excluding hydrogens is 354 g/mol. The van der Waals surface area contributed by atoms with Gasteiger partial charge in [0.15, 0.2) is 5.82 Å². The Morgan fingerprint density at radius 3 is 2.89 bits per heavy atom. The number of pyridine rings is 1. The molecule has 1 fully saturated rings. The summed E-state index contributed by atoms with van der Waals surface area (Å²) >= 11 is 0. The minimum atomic E-state index is -0.0239. The molecule has 0 saturated carbocycles. The second-order valence-electron chi connectivity index (χ2n) is 6.60. The van der Waals surface area contributed by atoms with Crippen LogP contribution in [0, 0.1) is 0 Å². The van der Waals surface area contributed by atoms with Gasteiger partial charge in [-0.15, -0.1) is 0 Å². The van der Waals surface area contributed by atoms with Crippen molar-refractivity contribution in [1.82, 2.24) is 19.9 Å². The summed E-state index contributed by atoms with van der Waals surface area (Å²) in [6, 6.07) is 9.28. The smallest absolute Gasteiger partial charge is 0.246 e. The molecule has 142 valence electrons. The Balaban J connectivity index is 1.48. The van der Waals surface area contributed by atoms with Gasteiger partial charge in [-0.05, 0) is 43.2 Å². The van der Waals surface area contributed by atoms with E-state index in [1.807, 2.05) is 29.2 Å². The highest BCUT2D eigenvalue weighted by Gasteiger charge is 2.27. The monoisotopic (exact) mass is 375 g/mol. The van der Waals surface area contributed by atoms with Crippen LogP contribution in [-0.2, 0) is 4.79 Å². The summed E-state index contributed by atoms with van der Waals surface area (Å²) in [7, 11) is 0. The van der Waals surface area contributed by atoms with Crippen LogP contribution in [0.5, 0.6) is 0 Å². The van der Waals surface area contributed by atoms with Crippen molar-refractivity contribution in [2.45, 2.75) is 18.8 Å². The SMILES string of the molecule is O=C(/C=C/c1ccco1)N1CCC[C@H](c2nccnc2Nc2ccccn2)C1. The number of furan rings is 1. The lowest BCUT2D eigenvalue weighted by Crippen LogP contribution is -2.38. The Labute approximate surface area is 163 Å². The first-order valence-corrected chi connectivity index (χ1v) is 9.29. The Kier molecular flexibility index (Phi) is 5.42. The summed E-state index contributed by atoms with van der Waals surface area (Å²) < 4.78 is 5.24. The fourth-order valence-electron chi connectivity index (χ4n) is 3.35. The van der Waals surface area contributed by atoms with E-state index < -0.39 is 0 Å². The average molecular weight is 375 g/mol. The van der Waals surface area contributed by atoms with Crippen molar-refractivity contribution in [3.8, 4) is 0 Å². The van der Waals surface area contributed by atoms with E-state index in [0.29, 0.717) is 18.1 Å². The molecule has 0 unspecified atom stereocenters. The number of anilines is 2. The zero-order valence-electron chi connectivity index (χ0n) is 15.4. The second kappa shape index (κ2) is 8.47. The lowest BCUT2D eigenvalue weighted by molar-refractivity contribution is -0.127. The Morgan fingerprint density at radius 2 is 2.07 bits per heavy atom. The molecule has 1 aliphatic rings. The molecule has 0 aliphatic carbocycles. The van der Waals surface area contributed by atoms with Crippen LogP contribution in [0.2, 0.25) is 0 Å². The van der Waals surface area contributed by atoms with Crippen molar-refractivity contribution in [2.75, 3.05) is 18.4 Å². The van der Waals surface area contributed by atoms with Crippen LogP contribution >= 0.6 is 0 Å². The second-order valence-corrected chi connectivity index (χ2v) is 6.60. The van der Waals surface area contributed by atoms with Gasteiger partial charge in [-0.25, -0.2) is 9.97 Å². The minimum absolute atomic E-state index is 0.0239. The van der Waals surface area contributed by atoms with Gasteiger partial charge in [0.2, 0.25) is 5.91 Å². The van der Waals surface area contributed by atoms with Gasteiger partial charge >= 0.3 is 0 Å². The average Bonchev–Trinajstić information content (AvgIpc) is 3.27. The summed E-state index contributed by atoms with van der Waals surface area (Å²) in [6.45, 7) is 1.35. The van der Waals surface area contributed by atoms with Gasteiger partial charge < -0.3 is 14.6 Å². The highest BCUT2D eigenvalue weighted by atomic mass is 16.3. The lowest BCUT2D eigenvalue weighted by atomic mass is 9.94. The molecular formula is C21H21N5O2. The predicted molar refractivity (Wildman–Crippen MR) is 106 cm³/mol. The highest BCUT2D eigenvalue weighted by molar-refractivity contribution is 5.91. The van der Waals surface area contributed by atoms with E-state index in [9.17, 15) is 4.79 Å². The van der Waals surface area contributed by atoms with Crippen LogP contribution in [0.3, 0.4) is 0 Å². The van der Waals surface area contributed by atoms with Gasteiger partial charge in [0.05, 0.1) is 12.0 Å². The molecule has 7 nitrogen and oxygen atoms in total. The number of rotatable bonds is 5. The molecule has 1 aliphatic heterocycles. The third-order valence-corrected chi connectivity index (χ3v) is 4.69. The van der Waals surface area contributed by atoms with Crippen LogP contribution in [0.1, 0.15) is 30.2 Å². The summed E-state index contributed by atoms with van der Waals surface area (Å²) in [6.07, 6.45) is 11.8. The number of nitrogens with one attached hydrogen (secondary N) is 1.